The first-order valence-electron chi connectivity index (χ1n) is 20.1. The van der Waals surface area contributed by atoms with Crippen molar-refractivity contribution in [3.05, 3.63) is 48.6 Å². The topological polar surface area (TPSA) is 149 Å². The Kier molecular flexibility index (Phi) is 35.8. The summed E-state index contributed by atoms with van der Waals surface area (Å²) in [5.41, 5.74) is 0. The third kappa shape index (κ3) is 36.3. The van der Waals surface area contributed by atoms with Gasteiger partial charge in [0.1, 0.15) is 12.7 Å². The van der Waals surface area contributed by atoms with E-state index in [0.717, 1.165) is 38.5 Å². The van der Waals surface area contributed by atoms with Crippen LogP contribution in [0.2, 0.25) is 0 Å². The summed E-state index contributed by atoms with van der Waals surface area (Å²) in [6, 6.07) is 0. The quantitative estimate of drug-likeness (QED) is 0.0184. The molecule has 10 nitrogen and oxygen atoms in total. The molecule has 0 aliphatic rings. The van der Waals surface area contributed by atoms with Crippen molar-refractivity contribution in [3.63, 3.8) is 0 Å². The van der Waals surface area contributed by atoms with E-state index in [9.17, 15) is 24.2 Å². The van der Waals surface area contributed by atoms with Crippen LogP contribution < -0.4 is 0 Å². The maximum Gasteiger partial charge on any atom is 0.472 e. The highest BCUT2D eigenvalue weighted by molar-refractivity contribution is 7.47. The van der Waals surface area contributed by atoms with Crippen molar-refractivity contribution in [2.45, 2.75) is 174 Å². The number of unbranched alkanes of at least 4 members (excludes halogenated alkanes) is 16. The fourth-order valence-corrected chi connectivity index (χ4v) is 5.88. The van der Waals surface area contributed by atoms with E-state index in [-0.39, 0.29) is 19.4 Å². The van der Waals surface area contributed by atoms with Crippen LogP contribution >= 0.6 is 7.82 Å². The molecule has 0 saturated heterocycles. The summed E-state index contributed by atoms with van der Waals surface area (Å²) in [7, 11) is -4.63. The molecule has 0 aliphatic carbocycles. The number of phosphoric ester groups is 1. The second-order valence-electron chi connectivity index (χ2n) is 13.3. The minimum atomic E-state index is -4.63. The molecule has 0 spiro atoms. The molecule has 3 atom stereocenters. The molecule has 0 radical (unpaired) electrons. The number of ether oxygens (including phenoxy) is 2. The van der Waals surface area contributed by atoms with Gasteiger partial charge in [-0.3, -0.25) is 18.6 Å². The largest absolute Gasteiger partial charge is 0.472 e. The lowest BCUT2D eigenvalue weighted by Gasteiger charge is -2.20. The minimum absolute atomic E-state index is 0.0713. The molecule has 0 heterocycles. The number of carbonyl (C=O) groups is 2. The van der Waals surface area contributed by atoms with Crippen LogP contribution in [-0.4, -0.2) is 65.7 Å². The normalized spacial score (nSPS) is 14.5. The van der Waals surface area contributed by atoms with E-state index in [1.807, 2.05) is 12.2 Å². The number of carbonyl (C=O) groups excluding carboxylic acids is 2. The smallest absolute Gasteiger partial charge is 0.462 e. The van der Waals surface area contributed by atoms with E-state index in [1.165, 1.54) is 83.5 Å². The Morgan fingerprint density at radius 2 is 1.10 bits per heavy atom. The molecule has 0 saturated carbocycles. The van der Waals surface area contributed by atoms with Crippen molar-refractivity contribution in [1.29, 1.82) is 0 Å². The van der Waals surface area contributed by atoms with Crippen molar-refractivity contribution in [2.24, 2.45) is 0 Å². The van der Waals surface area contributed by atoms with Crippen LogP contribution in [-0.2, 0) is 32.7 Å². The molecule has 0 aliphatic heterocycles. The van der Waals surface area contributed by atoms with E-state index < -0.39 is 51.8 Å². The van der Waals surface area contributed by atoms with Gasteiger partial charge in [0, 0.05) is 12.8 Å². The average Bonchev–Trinajstić information content (AvgIpc) is 3.13. The molecule has 11 heteroatoms. The Morgan fingerprint density at radius 1 is 0.596 bits per heavy atom. The number of hydrogen-bond donors (Lipinski definition) is 3. The van der Waals surface area contributed by atoms with E-state index in [2.05, 4.69) is 54.8 Å². The van der Waals surface area contributed by atoms with Crippen LogP contribution in [0.4, 0.5) is 0 Å². The summed E-state index contributed by atoms with van der Waals surface area (Å²) >= 11 is 0. The van der Waals surface area contributed by atoms with Gasteiger partial charge in [-0.2, -0.15) is 0 Å². The first-order chi connectivity index (χ1) is 25.2. The van der Waals surface area contributed by atoms with Crippen molar-refractivity contribution < 1.29 is 47.8 Å². The molecule has 0 fully saturated rings. The van der Waals surface area contributed by atoms with Gasteiger partial charge in [0.05, 0.1) is 19.8 Å². The second kappa shape index (κ2) is 37.3. The summed E-state index contributed by atoms with van der Waals surface area (Å²) in [4.78, 5) is 34.8. The van der Waals surface area contributed by atoms with Crippen LogP contribution in [0.1, 0.15) is 162 Å². The van der Waals surface area contributed by atoms with Crippen molar-refractivity contribution in [2.75, 3.05) is 26.4 Å². The molecule has 0 amide bonds. The molecule has 0 bridgehead atoms. The zero-order valence-electron chi connectivity index (χ0n) is 32.5. The van der Waals surface area contributed by atoms with Crippen LogP contribution in [0.5, 0.6) is 0 Å². The summed E-state index contributed by atoms with van der Waals surface area (Å²) in [5.74, 6) is -1.04. The van der Waals surface area contributed by atoms with E-state index in [4.69, 9.17) is 19.1 Å². The minimum Gasteiger partial charge on any atom is -0.462 e. The van der Waals surface area contributed by atoms with Crippen molar-refractivity contribution in [3.8, 4) is 0 Å². The lowest BCUT2D eigenvalue weighted by atomic mass is 10.1. The first-order valence-corrected chi connectivity index (χ1v) is 21.6. The number of aliphatic hydroxyl groups is 2. The Morgan fingerprint density at radius 3 is 1.67 bits per heavy atom. The predicted molar refractivity (Wildman–Crippen MR) is 210 cm³/mol. The van der Waals surface area contributed by atoms with Gasteiger partial charge in [0.25, 0.3) is 0 Å². The summed E-state index contributed by atoms with van der Waals surface area (Å²) in [6.45, 7) is 2.25. The van der Waals surface area contributed by atoms with Gasteiger partial charge in [-0.1, -0.05) is 140 Å². The number of aliphatic hydroxyl groups excluding tert-OH is 2. The molecule has 0 aromatic carbocycles. The maximum atomic E-state index is 12.5. The van der Waals surface area contributed by atoms with Crippen LogP contribution in [0.15, 0.2) is 48.6 Å². The van der Waals surface area contributed by atoms with Gasteiger partial charge in [0.15, 0.2) is 6.10 Å². The van der Waals surface area contributed by atoms with Gasteiger partial charge in [-0.05, 0) is 57.8 Å². The van der Waals surface area contributed by atoms with Gasteiger partial charge >= 0.3 is 19.8 Å². The van der Waals surface area contributed by atoms with Gasteiger partial charge in [-0.15, -0.1) is 0 Å². The number of allylic oxidation sites excluding steroid dienone is 8. The fourth-order valence-electron chi connectivity index (χ4n) is 5.09. The van der Waals surface area contributed by atoms with Crippen molar-refractivity contribution >= 4 is 19.8 Å². The number of rotatable bonds is 37. The van der Waals surface area contributed by atoms with E-state index in [1.54, 1.807) is 0 Å². The third-order valence-electron chi connectivity index (χ3n) is 8.25. The lowest BCUT2D eigenvalue weighted by Crippen LogP contribution is -2.29. The van der Waals surface area contributed by atoms with Gasteiger partial charge < -0.3 is 24.6 Å². The molecule has 0 aromatic rings. The lowest BCUT2D eigenvalue weighted by molar-refractivity contribution is -0.161. The molecule has 0 rings (SSSR count). The molecule has 302 valence electrons. The zero-order chi connectivity index (χ0) is 38.4. The number of phosphoric acid groups is 1. The highest BCUT2D eigenvalue weighted by Crippen LogP contribution is 2.43. The molecular weight excluding hydrogens is 683 g/mol. The molecular formula is C41H73O10P. The second-order valence-corrected chi connectivity index (χ2v) is 14.8. The van der Waals surface area contributed by atoms with E-state index in [0.29, 0.717) is 12.8 Å². The van der Waals surface area contributed by atoms with Crippen LogP contribution in [0.25, 0.3) is 0 Å². The Balaban J connectivity index is 4.46. The zero-order valence-corrected chi connectivity index (χ0v) is 33.4. The number of hydrogen-bond acceptors (Lipinski definition) is 9. The maximum absolute atomic E-state index is 12.5. The predicted octanol–water partition coefficient (Wildman–Crippen LogP) is 10.2. The fraction of sp³-hybridized carbons (Fsp3) is 0.756. The molecule has 0 aromatic heterocycles. The average molecular weight is 757 g/mol. The standard InChI is InChI=1S/C41H73O10P/c1-3-5-7-9-11-13-15-17-18-19-21-22-24-26-28-30-32-40(44)48-36-39(37-50-52(46,47)49-35-38(43)34-42)51-41(45)33-31-29-27-25-23-20-16-14-12-10-8-6-4-2/h18-23,27,29,38-39,42-43H,3-17,24-26,28,30-37H2,1-2H3,(H,46,47)/b19-18+,22-21+,23-20+,29-27+/t38-,39?/m0/s1. The highest BCUT2D eigenvalue weighted by Gasteiger charge is 2.27. The summed E-state index contributed by atoms with van der Waals surface area (Å²) < 4.78 is 32.5. The molecule has 52 heavy (non-hydrogen) atoms. The first kappa shape index (κ1) is 49.9. The van der Waals surface area contributed by atoms with E-state index >= 15 is 0 Å². The Labute approximate surface area is 315 Å². The number of esters is 2. The van der Waals surface area contributed by atoms with Crippen LogP contribution in [0.3, 0.4) is 0 Å². The van der Waals surface area contributed by atoms with Gasteiger partial charge in [-0.25, -0.2) is 4.57 Å². The SMILES string of the molecule is CCCCCCCC/C=C/C/C=C/CCC(=O)OC(COC(=O)CCCCC/C=C/C=C/CCCCCCCCC)COP(=O)(O)OC[C@@H](O)CO. The van der Waals surface area contributed by atoms with Crippen LogP contribution in [0, 0.1) is 0 Å². The molecule has 2 unspecified atom stereocenters. The molecule has 3 N–H and O–H groups in total. The monoisotopic (exact) mass is 756 g/mol. The third-order valence-corrected chi connectivity index (χ3v) is 9.20. The summed E-state index contributed by atoms with van der Waals surface area (Å²) in [6.07, 6.45) is 38.1. The Bertz CT molecular complexity index is 1010. The highest BCUT2D eigenvalue weighted by atomic mass is 31.2. The van der Waals surface area contributed by atoms with Crippen molar-refractivity contribution in [1.82, 2.24) is 0 Å². The van der Waals surface area contributed by atoms with Gasteiger partial charge in [0.2, 0.25) is 0 Å². The Hall–Kier alpha value is -2.07. The summed E-state index contributed by atoms with van der Waals surface area (Å²) in [5, 5.41) is 18.3.